The molecule has 1 unspecified atom stereocenters. The minimum Gasteiger partial charge on any atom is -0.343 e. The Morgan fingerprint density at radius 3 is 2.42 bits per heavy atom. The number of nitrogens with zero attached hydrogens (tertiary/aromatic N) is 1. The summed E-state index contributed by atoms with van der Waals surface area (Å²) in [5.74, 6) is 0.396. The molecule has 0 bridgehead atoms. The molecule has 3 aliphatic rings. The highest BCUT2D eigenvalue weighted by atomic mass is 16.2. The summed E-state index contributed by atoms with van der Waals surface area (Å²) in [4.78, 5) is 14.5. The Labute approximate surface area is 117 Å². The van der Waals surface area contributed by atoms with Gasteiger partial charge in [-0.15, -0.1) is 0 Å². The van der Waals surface area contributed by atoms with Crippen LogP contribution in [0.4, 0.5) is 0 Å². The first kappa shape index (κ1) is 13.4. The van der Waals surface area contributed by atoms with Gasteiger partial charge in [-0.25, -0.2) is 0 Å². The van der Waals surface area contributed by atoms with Gasteiger partial charge in [-0.1, -0.05) is 19.3 Å². The van der Waals surface area contributed by atoms with Crippen LogP contribution >= 0.6 is 0 Å². The summed E-state index contributed by atoms with van der Waals surface area (Å²) in [6.07, 6.45) is 12.7. The summed E-state index contributed by atoms with van der Waals surface area (Å²) in [6, 6.07) is 0.448. The minimum absolute atomic E-state index is 0.396. The van der Waals surface area contributed by atoms with E-state index in [1.165, 1.54) is 57.8 Å². The molecule has 1 aliphatic carbocycles. The number of carbonyl (C=O) groups is 1. The first-order valence-electron chi connectivity index (χ1n) is 8.29. The van der Waals surface area contributed by atoms with Crippen LogP contribution in [0.25, 0.3) is 0 Å². The molecule has 3 heteroatoms. The Kier molecular flexibility index (Phi) is 4.11. The molecule has 3 fully saturated rings. The van der Waals surface area contributed by atoms with Crippen LogP contribution in [-0.2, 0) is 4.79 Å². The van der Waals surface area contributed by atoms with E-state index < -0.39 is 0 Å². The zero-order valence-electron chi connectivity index (χ0n) is 12.1. The molecule has 0 aromatic carbocycles. The highest BCUT2D eigenvalue weighted by Crippen LogP contribution is 2.46. The molecule has 2 aliphatic heterocycles. The Balaban J connectivity index is 1.46. The molecule has 3 nitrogen and oxygen atoms in total. The van der Waals surface area contributed by atoms with E-state index in [9.17, 15) is 4.79 Å². The fraction of sp³-hybridized carbons (Fsp3) is 0.938. The molecule has 1 spiro atoms. The molecule has 0 aromatic heterocycles. The monoisotopic (exact) mass is 264 g/mol. The van der Waals surface area contributed by atoms with Gasteiger partial charge in [-0.2, -0.15) is 0 Å². The van der Waals surface area contributed by atoms with Crippen LogP contribution in [0.3, 0.4) is 0 Å². The Bertz CT molecular complexity index is 307. The predicted molar refractivity (Wildman–Crippen MR) is 77.0 cm³/mol. The molecule has 19 heavy (non-hydrogen) atoms. The topological polar surface area (TPSA) is 32.3 Å². The van der Waals surface area contributed by atoms with E-state index in [1.807, 2.05) is 0 Å². The Morgan fingerprint density at radius 2 is 1.79 bits per heavy atom. The Hall–Kier alpha value is -0.570. The molecule has 2 heterocycles. The van der Waals surface area contributed by atoms with E-state index in [1.54, 1.807) is 0 Å². The van der Waals surface area contributed by atoms with Gasteiger partial charge in [0, 0.05) is 25.6 Å². The van der Waals surface area contributed by atoms with E-state index in [-0.39, 0.29) is 0 Å². The first-order valence-corrected chi connectivity index (χ1v) is 8.29. The first-order chi connectivity index (χ1) is 9.27. The average molecular weight is 264 g/mol. The van der Waals surface area contributed by atoms with Gasteiger partial charge in [0.25, 0.3) is 0 Å². The SMILES string of the molecule is O=C(CC1CCCCN1)N1CCC2(CCCC2)CC1. The van der Waals surface area contributed by atoms with Crippen molar-refractivity contribution in [3.8, 4) is 0 Å². The van der Waals surface area contributed by atoms with Crippen molar-refractivity contribution in [2.45, 2.75) is 70.3 Å². The summed E-state index contributed by atoms with van der Waals surface area (Å²) in [6.45, 7) is 3.14. The van der Waals surface area contributed by atoms with Gasteiger partial charge in [0.15, 0.2) is 0 Å². The summed E-state index contributed by atoms with van der Waals surface area (Å²) < 4.78 is 0. The van der Waals surface area contributed by atoms with Gasteiger partial charge in [0.05, 0.1) is 0 Å². The predicted octanol–water partition coefficient (Wildman–Crippen LogP) is 2.70. The molecular formula is C16H28N2O. The van der Waals surface area contributed by atoms with Gasteiger partial charge in [0.1, 0.15) is 0 Å². The highest BCUT2D eigenvalue weighted by Gasteiger charge is 2.38. The number of amides is 1. The molecular weight excluding hydrogens is 236 g/mol. The van der Waals surface area contributed by atoms with Crippen LogP contribution in [-0.4, -0.2) is 36.5 Å². The van der Waals surface area contributed by atoms with Crippen molar-refractivity contribution in [2.24, 2.45) is 5.41 Å². The summed E-state index contributed by atoms with van der Waals surface area (Å²) >= 11 is 0. The quantitative estimate of drug-likeness (QED) is 0.831. The Morgan fingerprint density at radius 1 is 1.05 bits per heavy atom. The minimum atomic E-state index is 0.396. The lowest BCUT2D eigenvalue weighted by molar-refractivity contribution is -0.134. The van der Waals surface area contributed by atoms with Crippen molar-refractivity contribution in [1.82, 2.24) is 10.2 Å². The average Bonchev–Trinajstić information content (AvgIpc) is 2.89. The molecule has 0 radical (unpaired) electrons. The van der Waals surface area contributed by atoms with Crippen LogP contribution < -0.4 is 5.32 Å². The fourth-order valence-electron chi connectivity index (χ4n) is 4.29. The van der Waals surface area contributed by atoms with E-state index >= 15 is 0 Å². The number of piperidine rings is 2. The van der Waals surface area contributed by atoms with Crippen LogP contribution in [0, 0.1) is 5.41 Å². The third kappa shape index (κ3) is 3.13. The van der Waals surface area contributed by atoms with Gasteiger partial charge in [0.2, 0.25) is 5.91 Å². The second kappa shape index (κ2) is 5.82. The van der Waals surface area contributed by atoms with Crippen LogP contribution in [0.5, 0.6) is 0 Å². The lowest BCUT2D eigenvalue weighted by atomic mass is 9.77. The van der Waals surface area contributed by atoms with Gasteiger partial charge in [-0.05, 0) is 50.5 Å². The molecule has 1 saturated carbocycles. The molecule has 1 N–H and O–H groups in total. The summed E-state index contributed by atoms with van der Waals surface area (Å²) in [5, 5.41) is 3.49. The van der Waals surface area contributed by atoms with Crippen LogP contribution in [0.1, 0.15) is 64.2 Å². The van der Waals surface area contributed by atoms with Crippen molar-refractivity contribution in [3.63, 3.8) is 0 Å². The smallest absolute Gasteiger partial charge is 0.224 e. The van der Waals surface area contributed by atoms with E-state index in [4.69, 9.17) is 0 Å². The second-order valence-electron chi connectivity index (χ2n) is 6.94. The molecule has 108 valence electrons. The number of carbonyl (C=O) groups excluding carboxylic acids is 1. The van der Waals surface area contributed by atoms with Crippen molar-refractivity contribution < 1.29 is 4.79 Å². The maximum Gasteiger partial charge on any atom is 0.224 e. The van der Waals surface area contributed by atoms with Crippen LogP contribution in [0.15, 0.2) is 0 Å². The lowest BCUT2D eigenvalue weighted by Crippen LogP contribution is -2.45. The number of rotatable bonds is 2. The normalized spacial score (nSPS) is 30.7. The summed E-state index contributed by atoms with van der Waals surface area (Å²) in [7, 11) is 0. The number of hydrogen-bond acceptors (Lipinski definition) is 2. The number of likely N-dealkylation sites (tertiary alicyclic amines) is 1. The van der Waals surface area contributed by atoms with Crippen molar-refractivity contribution in [2.75, 3.05) is 19.6 Å². The van der Waals surface area contributed by atoms with E-state index in [0.717, 1.165) is 26.1 Å². The van der Waals surface area contributed by atoms with Gasteiger partial charge < -0.3 is 10.2 Å². The molecule has 1 atom stereocenters. The van der Waals surface area contributed by atoms with Crippen molar-refractivity contribution in [3.05, 3.63) is 0 Å². The van der Waals surface area contributed by atoms with E-state index in [0.29, 0.717) is 17.4 Å². The third-order valence-electron chi connectivity index (χ3n) is 5.67. The second-order valence-corrected chi connectivity index (χ2v) is 6.94. The summed E-state index contributed by atoms with van der Waals surface area (Å²) in [5.41, 5.74) is 0.625. The fourth-order valence-corrected chi connectivity index (χ4v) is 4.29. The zero-order chi connectivity index (χ0) is 13.1. The van der Waals surface area contributed by atoms with Crippen molar-refractivity contribution in [1.29, 1.82) is 0 Å². The van der Waals surface area contributed by atoms with Gasteiger partial charge >= 0.3 is 0 Å². The highest BCUT2D eigenvalue weighted by molar-refractivity contribution is 5.77. The maximum absolute atomic E-state index is 12.4. The standard InChI is InChI=1S/C16H28N2O/c19-15(13-14-5-1-4-10-17-14)18-11-8-16(9-12-18)6-2-3-7-16/h14,17H,1-13H2. The largest absolute Gasteiger partial charge is 0.343 e. The number of nitrogens with one attached hydrogen (secondary N) is 1. The number of hydrogen-bond donors (Lipinski definition) is 1. The molecule has 3 rings (SSSR count). The molecule has 0 aromatic rings. The van der Waals surface area contributed by atoms with Crippen LogP contribution in [0.2, 0.25) is 0 Å². The van der Waals surface area contributed by atoms with E-state index in [2.05, 4.69) is 10.2 Å². The lowest BCUT2D eigenvalue weighted by Gasteiger charge is -2.40. The zero-order valence-corrected chi connectivity index (χ0v) is 12.1. The third-order valence-corrected chi connectivity index (χ3v) is 5.67. The van der Waals surface area contributed by atoms with Gasteiger partial charge in [-0.3, -0.25) is 4.79 Å². The van der Waals surface area contributed by atoms with Crippen molar-refractivity contribution >= 4 is 5.91 Å². The molecule has 2 saturated heterocycles. The molecule has 1 amide bonds. The maximum atomic E-state index is 12.4.